The van der Waals surface area contributed by atoms with E-state index in [0.717, 1.165) is 19.5 Å². The zero-order valence-electron chi connectivity index (χ0n) is 26.0. The lowest BCUT2D eigenvalue weighted by atomic mass is 9.90. The number of carbonyl (C=O) groups is 2. The number of aryl methyl sites for hydroxylation is 1. The number of urea groups is 1. The molecule has 0 spiro atoms. The molecule has 0 radical (unpaired) electrons. The normalized spacial score (nSPS) is 17.2. The minimum absolute atomic E-state index is 0.0670. The molecule has 44 heavy (non-hydrogen) atoms. The van der Waals surface area contributed by atoms with Crippen molar-refractivity contribution in [2.75, 3.05) is 19.0 Å². The Hall–Kier alpha value is -4.17. The van der Waals surface area contributed by atoms with Crippen LogP contribution in [0.15, 0.2) is 59.8 Å². The van der Waals surface area contributed by atoms with E-state index in [2.05, 4.69) is 15.7 Å². The molecule has 1 saturated carbocycles. The number of hydrogen-bond acceptors (Lipinski definition) is 7. The highest BCUT2D eigenvalue weighted by molar-refractivity contribution is 7.87. The van der Waals surface area contributed by atoms with Crippen LogP contribution in [0, 0.1) is 0 Å². The van der Waals surface area contributed by atoms with Gasteiger partial charge in [0.15, 0.2) is 0 Å². The molecule has 1 aliphatic rings. The van der Waals surface area contributed by atoms with Crippen LogP contribution in [0.5, 0.6) is 0 Å². The van der Waals surface area contributed by atoms with Gasteiger partial charge in [0.05, 0.1) is 6.20 Å². The number of benzene rings is 1. The van der Waals surface area contributed by atoms with Crippen molar-refractivity contribution in [3.05, 3.63) is 70.9 Å². The van der Waals surface area contributed by atoms with Crippen molar-refractivity contribution in [3.63, 3.8) is 0 Å². The lowest BCUT2D eigenvalue weighted by Gasteiger charge is -2.37. The molecular weight excluding hydrogens is 586 g/mol. The highest BCUT2D eigenvalue weighted by Crippen LogP contribution is 2.30. The van der Waals surface area contributed by atoms with Gasteiger partial charge < -0.3 is 19.9 Å². The van der Waals surface area contributed by atoms with Gasteiger partial charge in [-0.15, -0.1) is 0 Å². The largest absolute Gasteiger partial charge is 0.444 e. The number of hydrogen-bond donors (Lipinski definition) is 2. The quantitative estimate of drug-likeness (QED) is 0.389. The van der Waals surface area contributed by atoms with Crippen molar-refractivity contribution in [1.82, 2.24) is 28.7 Å². The molecule has 13 nitrogen and oxygen atoms in total. The van der Waals surface area contributed by atoms with Crippen molar-refractivity contribution < 1.29 is 22.7 Å². The van der Waals surface area contributed by atoms with Crippen LogP contribution < -0.4 is 21.1 Å². The van der Waals surface area contributed by atoms with Crippen molar-refractivity contribution in [2.45, 2.75) is 70.7 Å². The third-order valence-corrected chi connectivity index (χ3v) is 8.92. The van der Waals surface area contributed by atoms with E-state index in [9.17, 15) is 22.8 Å². The van der Waals surface area contributed by atoms with Crippen LogP contribution in [-0.2, 0) is 28.5 Å². The molecule has 14 heteroatoms. The van der Waals surface area contributed by atoms with Gasteiger partial charge in [0, 0.05) is 69.5 Å². The number of carbonyl (C=O) groups excluding carboxylic acids is 2. The number of rotatable bonds is 8. The predicted octanol–water partition coefficient (Wildman–Crippen LogP) is 3.46. The number of amides is 3. The Kier molecular flexibility index (Phi) is 9.84. The number of ether oxygens (including phenoxy) is 1. The molecule has 0 bridgehead atoms. The fourth-order valence-electron chi connectivity index (χ4n) is 5.01. The number of nitrogens with one attached hydrogen (secondary N) is 2. The first-order chi connectivity index (χ1) is 20.6. The standard InChI is InChI=1S/C30H41N7O6S/c1-30(2,3)43-29(40)33-24-10-14-26(15-11-24)37(25-12-7-22(8-13-25)23-9-16-27(38)35(6)20-23)28(39)31-17-21-18-32-36(19-21)44(41,42)34(4)5/h7-9,12-13,16,18-20,24,26H,10-11,14-15,17H2,1-6H3,(H,31,39)(H,33,40)/t24-,26-. The van der Waals surface area contributed by atoms with Crippen LogP contribution in [0.2, 0.25) is 0 Å². The van der Waals surface area contributed by atoms with Crippen molar-refractivity contribution in [2.24, 2.45) is 7.05 Å². The predicted molar refractivity (Wildman–Crippen MR) is 167 cm³/mol. The molecule has 0 aliphatic heterocycles. The maximum absolute atomic E-state index is 13.7. The summed E-state index contributed by atoms with van der Waals surface area (Å²) in [7, 11) is 0.755. The summed E-state index contributed by atoms with van der Waals surface area (Å²) in [6.45, 7) is 5.52. The van der Waals surface area contributed by atoms with Gasteiger partial charge in [-0.3, -0.25) is 9.69 Å². The molecule has 1 fully saturated rings. The van der Waals surface area contributed by atoms with Gasteiger partial charge >= 0.3 is 22.3 Å². The van der Waals surface area contributed by atoms with Crippen molar-refractivity contribution in [3.8, 4) is 11.1 Å². The van der Waals surface area contributed by atoms with E-state index in [1.54, 1.807) is 24.2 Å². The van der Waals surface area contributed by atoms with Crippen LogP contribution in [0.1, 0.15) is 52.0 Å². The molecule has 2 aromatic heterocycles. The monoisotopic (exact) mass is 627 g/mol. The lowest BCUT2D eigenvalue weighted by Crippen LogP contribution is -2.50. The highest BCUT2D eigenvalue weighted by atomic mass is 32.2. The molecular formula is C30H41N7O6S. The Morgan fingerprint density at radius 2 is 1.64 bits per heavy atom. The van der Waals surface area contributed by atoms with E-state index in [1.165, 1.54) is 37.1 Å². The minimum atomic E-state index is -3.77. The summed E-state index contributed by atoms with van der Waals surface area (Å²) in [5, 5.41) is 9.80. The molecule has 2 heterocycles. The lowest BCUT2D eigenvalue weighted by molar-refractivity contribution is 0.0491. The Balaban J connectivity index is 1.51. The second kappa shape index (κ2) is 13.2. The van der Waals surface area contributed by atoms with Gasteiger partial charge in [-0.05, 0) is 75.8 Å². The molecule has 0 atom stereocenters. The summed E-state index contributed by atoms with van der Waals surface area (Å²) >= 11 is 0. The smallest absolute Gasteiger partial charge is 0.407 e. The van der Waals surface area contributed by atoms with E-state index in [1.807, 2.05) is 45.0 Å². The molecule has 0 saturated heterocycles. The van der Waals surface area contributed by atoms with Gasteiger partial charge in [-0.2, -0.15) is 21.9 Å². The van der Waals surface area contributed by atoms with Gasteiger partial charge in [0.25, 0.3) is 0 Å². The number of anilines is 1. The summed E-state index contributed by atoms with van der Waals surface area (Å²) in [6, 6.07) is 10.3. The van der Waals surface area contributed by atoms with Crippen LogP contribution in [0.25, 0.3) is 11.1 Å². The topological polar surface area (TPSA) is 148 Å². The summed E-state index contributed by atoms with van der Waals surface area (Å²) in [5.74, 6) is 0. The van der Waals surface area contributed by atoms with Crippen LogP contribution in [0.3, 0.4) is 0 Å². The van der Waals surface area contributed by atoms with E-state index in [-0.39, 0.29) is 30.2 Å². The van der Waals surface area contributed by atoms with Gasteiger partial charge in [0.1, 0.15) is 5.60 Å². The average molecular weight is 628 g/mol. The molecule has 238 valence electrons. The first-order valence-corrected chi connectivity index (χ1v) is 15.8. The second-order valence-corrected chi connectivity index (χ2v) is 14.1. The Morgan fingerprint density at radius 1 is 1.00 bits per heavy atom. The number of nitrogens with zero attached hydrogens (tertiary/aromatic N) is 5. The summed E-state index contributed by atoms with van der Waals surface area (Å²) < 4.78 is 33.6. The van der Waals surface area contributed by atoms with Gasteiger partial charge in [-0.25, -0.2) is 9.59 Å². The number of alkyl carbamates (subject to hydrolysis) is 1. The van der Waals surface area contributed by atoms with E-state index in [0.29, 0.717) is 36.9 Å². The fourth-order valence-corrected chi connectivity index (χ4v) is 5.78. The van der Waals surface area contributed by atoms with Crippen LogP contribution in [-0.4, -0.2) is 70.4 Å². The Labute approximate surface area is 258 Å². The van der Waals surface area contributed by atoms with E-state index in [4.69, 9.17) is 4.74 Å². The molecule has 1 aliphatic carbocycles. The van der Waals surface area contributed by atoms with Gasteiger partial charge in [-0.1, -0.05) is 12.1 Å². The summed E-state index contributed by atoms with van der Waals surface area (Å²) in [6.07, 6.45) is 6.71. The van der Waals surface area contributed by atoms with E-state index >= 15 is 0 Å². The number of pyridine rings is 1. The molecule has 4 rings (SSSR count). The average Bonchev–Trinajstić information content (AvgIpc) is 3.44. The number of aromatic nitrogens is 3. The molecule has 3 aromatic rings. The first-order valence-electron chi connectivity index (χ1n) is 14.4. The van der Waals surface area contributed by atoms with Crippen LogP contribution >= 0.6 is 0 Å². The maximum atomic E-state index is 13.7. The zero-order valence-corrected chi connectivity index (χ0v) is 26.8. The third-order valence-electron chi connectivity index (χ3n) is 7.32. The maximum Gasteiger partial charge on any atom is 0.407 e. The zero-order chi connectivity index (χ0) is 32.2. The minimum Gasteiger partial charge on any atom is -0.444 e. The molecule has 0 unspecified atom stereocenters. The van der Waals surface area contributed by atoms with Gasteiger partial charge in [0.2, 0.25) is 5.56 Å². The Morgan fingerprint density at radius 3 is 2.23 bits per heavy atom. The molecule has 3 amide bonds. The second-order valence-electron chi connectivity index (χ2n) is 12.1. The summed E-state index contributed by atoms with van der Waals surface area (Å²) in [5.41, 5.74) is 2.28. The SMILES string of the molecule is CN(C)S(=O)(=O)n1cc(CNC(=O)N(c2ccc(-c3ccc(=O)n(C)c3)cc2)[C@H]2CC[C@H](NC(=O)OC(C)(C)C)CC2)cn1. The Bertz CT molecular complexity index is 1630. The van der Waals surface area contributed by atoms with Crippen molar-refractivity contribution >= 4 is 28.0 Å². The first kappa shape index (κ1) is 32.7. The third kappa shape index (κ3) is 8.05. The molecule has 2 N–H and O–H groups in total. The fraction of sp³-hybridized carbons (Fsp3) is 0.467. The molecule has 1 aromatic carbocycles. The summed E-state index contributed by atoms with van der Waals surface area (Å²) in [4.78, 5) is 39.6. The van der Waals surface area contributed by atoms with E-state index < -0.39 is 21.9 Å². The van der Waals surface area contributed by atoms with Crippen LogP contribution in [0.4, 0.5) is 15.3 Å². The van der Waals surface area contributed by atoms with Crippen molar-refractivity contribution in [1.29, 1.82) is 0 Å². The highest BCUT2D eigenvalue weighted by Gasteiger charge is 2.31.